The van der Waals surface area contributed by atoms with Gasteiger partial charge in [-0.15, -0.1) is 0 Å². The van der Waals surface area contributed by atoms with Crippen molar-refractivity contribution >= 4 is 35.0 Å². The average Bonchev–Trinajstić information content (AvgIpc) is 3.32. The van der Waals surface area contributed by atoms with Gasteiger partial charge >= 0.3 is 5.97 Å². The van der Waals surface area contributed by atoms with Crippen LogP contribution < -0.4 is 5.32 Å². The van der Waals surface area contributed by atoms with Gasteiger partial charge in [-0.05, 0) is 158 Å². The lowest BCUT2D eigenvalue weighted by atomic mass is 9.34. The minimum Gasteiger partial charge on any atom is -0.481 e. The fourth-order valence-corrected chi connectivity index (χ4v) is 20.3. The summed E-state index contributed by atoms with van der Waals surface area (Å²) in [6, 6.07) is 0. The predicted octanol–water partition coefficient (Wildman–Crippen LogP) is 12.3. The van der Waals surface area contributed by atoms with E-state index in [0.29, 0.717) is 19.3 Å². The van der Waals surface area contributed by atoms with Gasteiger partial charge < -0.3 is 25.1 Å². The molecule has 75 heavy (non-hydrogen) atoms. The van der Waals surface area contributed by atoms with E-state index < -0.39 is 38.5 Å². The Kier molecular flexibility index (Phi) is 12.5. The van der Waals surface area contributed by atoms with E-state index in [4.69, 9.17) is 13.1 Å². The second-order valence-corrected chi connectivity index (χ2v) is 30.1. The van der Waals surface area contributed by atoms with E-state index in [-0.39, 0.29) is 122 Å². The summed E-state index contributed by atoms with van der Waals surface area (Å²) in [5.74, 6) is -1.52. The smallest absolute Gasteiger partial charge is 0.309 e. The maximum Gasteiger partial charge on any atom is 0.309 e. The highest BCUT2D eigenvalue weighted by molar-refractivity contribution is 6.04. The van der Waals surface area contributed by atoms with E-state index in [0.717, 1.165) is 81.8 Å². The van der Waals surface area contributed by atoms with Crippen LogP contribution >= 0.6 is 0 Å². The highest BCUT2D eigenvalue weighted by atomic mass is 16.4. The van der Waals surface area contributed by atoms with Crippen molar-refractivity contribution in [1.82, 2.24) is 5.32 Å². The number of carbonyl (C=O) groups is 6. The second kappa shape index (κ2) is 17.0. The molecule has 406 valence electrons. The normalized spacial score (nSPS) is 45.2. The number of nitrogens with one attached hydrogen (secondary N) is 1. The molecule has 14 atom stereocenters. The van der Waals surface area contributed by atoms with Crippen molar-refractivity contribution in [2.75, 3.05) is 13.2 Å². The van der Waals surface area contributed by atoms with Gasteiger partial charge in [0, 0.05) is 40.0 Å². The van der Waals surface area contributed by atoms with Crippen molar-refractivity contribution in [1.29, 1.82) is 0 Å². The molecule has 0 bridgehead atoms. The Morgan fingerprint density at radius 1 is 0.573 bits per heavy atom. The number of hydrogen-bond donors (Lipinski definition) is 3. The minimum absolute atomic E-state index is 0.000301. The molecular formula is C64H87N3O8. The third-order valence-corrected chi connectivity index (χ3v) is 25.0. The number of hydrogen-bond acceptors (Lipinski definition) is 7. The molecule has 6 saturated carbocycles. The SMILES string of the molecule is [C-]#[N+]C1=C[C@]2(C)C3=CC(=O)[C@@H]4[C@@H]5CC(C)(C)CC[C@]5(C(=O)NCCO)CC[C@@]4(C)[C@]3(C)CC[C@H]2C(C)(C)C1=O.[C-]#[N+]C1=C[C@]2(C)C3=CC(=O)[C@@H]4[C@@H]5CC(C)(C)CC[C@]5(C(=O)O)CC[C@@]4(C)[C@]3(C)CC[C@H]2C(C)(C)C1=O. The van der Waals surface area contributed by atoms with Gasteiger partial charge in [0.25, 0.3) is 0 Å². The van der Waals surface area contributed by atoms with Crippen LogP contribution in [0.15, 0.2) is 46.8 Å². The van der Waals surface area contributed by atoms with Crippen LogP contribution in [-0.2, 0) is 28.8 Å². The van der Waals surface area contributed by atoms with E-state index in [1.54, 1.807) is 0 Å². The molecular weight excluding hydrogens is 939 g/mol. The molecule has 11 heteroatoms. The number of allylic oxidation sites excluding steroid dienone is 8. The molecule has 0 radical (unpaired) electrons. The first kappa shape index (κ1) is 55.3. The number of aliphatic hydroxyl groups excluding tert-OH is 1. The highest BCUT2D eigenvalue weighted by Gasteiger charge is 2.73. The number of rotatable bonds is 4. The zero-order valence-electron chi connectivity index (χ0n) is 47.8. The first-order chi connectivity index (χ1) is 34.5. The molecule has 10 aliphatic carbocycles. The third-order valence-electron chi connectivity index (χ3n) is 25.0. The molecule has 0 aliphatic heterocycles. The summed E-state index contributed by atoms with van der Waals surface area (Å²) in [6.07, 6.45) is 18.6. The number of nitrogens with zero attached hydrogens (tertiary/aromatic N) is 2. The van der Waals surface area contributed by atoms with Gasteiger partial charge in [-0.2, -0.15) is 0 Å². The van der Waals surface area contributed by atoms with E-state index in [2.05, 4.69) is 84.2 Å². The van der Waals surface area contributed by atoms with Gasteiger partial charge in [0.05, 0.1) is 30.6 Å². The fraction of sp³-hybridized carbons (Fsp3) is 0.750. The monoisotopic (exact) mass is 1030 g/mol. The first-order valence-corrected chi connectivity index (χ1v) is 28.5. The fourth-order valence-electron chi connectivity index (χ4n) is 20.3. The number of Topliss-reactive ketones (excluding diaryl/α,β-unsaturated/α-hetero) is 2. The lowest BCUT2D eigenvalue weighted by Gasteiger charge is -2.69. The largest absolute Gasteiger partial charge is 0.481 e. The molecule has 0 aromatic carbocycles. The standard InChI is InChI=1S/C33H46N2O4.C31H41NO4/c1-28(2)11-13-33(27(39)35-15-16-36)14-12-32(7)25(20(33)18-28)22(37)17-24-30(5)19-21(34-8)26(38)29(3,4)23(30)9-10-31(24,32)6;1-26(2)11-13-31(25(35)36)14-12-30(7)23(18(31)16-26)20(33)15-22-28(5)17-19(32-8)24(34)27(3,4)21(28)9-10-29(22,30)6/h17,19-20,23,25,36H,9-16,18H2,1-7H3,(H,35,39);15,17-18,21,23H,9-14,16H2,1-7H3,(H,35,36)/t20-,23-,25-,30-,31+,32+,33-;18-,21-,23-,28-,29+,30+,31-/m00/s1. The predicted molar refractivity (Wildman–Crippen MR) is 288 cm³/mol. The van der Waals surface area contributed by atoms with Crippen molar-refractivity contribution in [3.63, 3.8) is 0 Å². The summed E-state index contributed by atoms with van der Waals surface area (Å²) >= 11 is 0. The maximum absolute atomic E-state index is 14.5. The highest BCUT2D eigenvalue weighted by Crippen LogP contribution is 2.77. The number of ketones is 4. The summed E-state index contributed by atoms with van der Waals surface area (Å²) in [5, 5.41) is 22.9. The second-order valence-electron chi connectivity index (χ2n) is 30.1. The topological polar surface area (TPSA) is 164 Å². The molecule has 10 rings (SSSR count). The number of carboxylic acid groups (broad SMARTS) is 1. The van der Waals surface area contributed by atoms with E-state index in [9.17, 15) is 39.0 Å². The summed E-state index contributed by atoms with van der Waals surface area (Å²) in [4.78, 5) is 88.9. The molecule has 0 spiro atoms. The number of carbonyl (C=O) groups excluding carboxylic acids is 5. The molecule has 0 aromatic heterocycles. The maximum atomic E-state index is 14.5. The number of fused-ring (bicyclic) bond motifs is 14. The van der Waals surface area contributed by atoms with Gasteiger partial charge in [0.2, 0.25) is 17.3 Å². The number of amides is 1. The molecule has 3 N–H and O–H groups in total. The quantitative estimate of drug-likeness (QED) is 0.234. The van der Waals surface area contributed by atoms with Gasteiger partial charge in [0.15, 0.2) is 23.1 Å². The summed E-state index contributed by atoms with van der Waals surface area (Å²) in [7, 11) is 0. The van der Waals surface area contributed by atoms with Crippen molar-refractivity contribution in [2.45, 2.75) is 187 Å². The molecule has 11 nitrogen and oxygen atoms in total. The van der Waals surface area contributed by atoms with Crippen molar-refractivity contribution in [3.05, 3.63) is 69.7 Å². The lowest BCUT2D eigenvalue weighted by Crippen LogP contribution is -2.66. The van der Waals surface area contributed by atoms with Crippen LogP contribution in [0, 0.1) is 114 Å². The number of carboxylic acids is 1. The summed E-state index contributed by atoms with van der Waals surface area (Å²) in [6.45, 7) is 45.8. The van der Waals surface area contributed by atoms with Crippen LogP contribution in [0.25, 0.3) is 9.69 Å². The zero-order valence-corrected chi connectivity index (χ0v) is 47.8. The van der Waals surface area contributed by atoms with Crippen LogP contribution in [0.3, 0.4) is 0 Å². The molecule has 0 unspecified atom stereocenters. The zero-order chi connectivity index (χ0) is 55.5. The lowest BCUT2D eigenvalue weighted by molar-refractivity contribution is -0.188. The van der Waals surface area contributed by atoms with Crippen LogP contribution in [0.1, 0.15) is 187 Å². The Morgan fingerprint density at radius 2 is 0.947 bits per heavy atom. The Morgan fingerprint density at radius 3 is 1.33 bits per heavy atom. The molecule has 10 aliphatic rings. The Hall–Kier alpha value is -4.48. The van der Waals surface area contributed by atoms with Gasteiger partial charge in [-0.1, -0.05) is 120 Å². The molecule has 0 heterocycles. The van der Waals surface area contributed by atoms with Crippen LogP contribution in [0.4, 0.5) is 0 Å². The Bertz CT molecular complexity index is 2790. The third kappa shape index (κ3) is 7.22. The number of aliphatic hydroxyl groups is 1. The molecule has 1 amide bonds. The van der Waals surface area contributed by atoms with Crippen LogP contribution in [0.2, 0.25) is 0 Å². The van der Waals surface area contributed by atoms with Crippen molar-refractivity contribution < 1.29 is 39.0 Å². The van der Waals surface area contributed by atoms with E-state index in [1.165, 1.54) is 0 Å². The molecule has 0 saturated heterocycles. The molecule has 6 fully saturated rings. The van der Waals surface area contributed by atoms with Crippen LogP contribution in [-0.4, -0.2) is 58.4 Å². The number of aliphatic carboxylic acids is 1. The molecule has 0 aromatic rings. The van der Waals surface area contributed by atoms with Crippen LogP contribution in [0.5, 0.6) is 0 Å². The van der Waals surface area contributed by atoms with Crippen molar-refractivity contribution in [2.24, 2.45) is 100 Å². The first-order valence-electron chi connectivity index (χ1n) is 28.5. The minimum atomic E-state index is -0.825. The van der Waals surface area contributed by atoms with Crippen molar-refractivity contribution in [3.8, 4) is 0 Å². The van der Waals surface area contributed by atoms with E-state index >= 15 is 0 Å². The Labute approximate surface area is 447 Å². The van der Waals surface area contributed by atoms with E-state index in [1.807, 2.05) is 52.0 Å². The summed E-state index contributed by atoms with van der Waals surface area (Å²) in [5.41, 5.74) is -2.57. The van der Waals surface area contributed by atoms with Gasteiger partial charge in [-0.25, -0.2) is 9.69 Å². The van der Waals surface area contributed by atoms with Gasteiger partial charge in [-0.3, -0.25) is 19.2 Å². The summed E-state index contributed by atoms with van der Waals surface area (Å²) < 4.78 is 0. The average molecular weight is 1030 g/mol. The van der Waals surface area contributed by atoms with Gasteiger partial charge in [0.1, 0.15) is 0 Å². The Balaban J connectivity index is 0.000000184.